The number of amides is 1. The molecule has 0 saturated carbocycles. The van der Waals surface area contributed by atoms with Crippen LogP contribution in [0.4, 0.5) is 18.2 Å². The normalized spacial score (nSPS) is 15.0. The number of nitrogens with one attached hydrogen (secondary N) is 1. The molecule has 2 aromatic heterocycles. The minimum atomic E-state index is -4.54. The highest BCUT2D eigenvalue weighted by atomic mass is 32.1. The first kappa shape index (κ1) is 23.3. The van der Waals surface area contributed by atoms with Gasteiger partial charge >= 0.3 is 12.1 Å². The second-order valence-corrected chi connectivity index (χ2v) is 9.22. The highest BCUT2D eigenvalue weighted by Crippen LogP contribution is 2.39. The minimum absolute atomic E-state index is 0.00932. The number of thiophene rings is 1. The highest BCUT2D eigenvalue weighted by molar-refractivity contribution is 7.17. The number of anilines is 1. The van der Waals surface area contributed by atoms with Crippen molar-refractivity contribution in [1.82, 2.24) is 9.78 Å². The van der Waals surface area contributed by atoms with E-state index in [0.29, 0.717) is 16.3 Å². The Morgan fingerprint density at radius 2 is 1.94 bits per heavy atom. The Balaban J connectivity index is 1.79. The SMILES string of the molecule is Cc1cc(C(F)(F)F)nn1CC(C)C(=O)Nc1sc2c(c1C(=O)OC(C)C)CCCC2. The van der Waals surface area contributed by atoms with Crippen LogP contribution in [0.2, 0.25) is 0 Å². The smallest absolute Gasteiger partial charge is 0.435 e. The molecule has 1 aliphatic rings. The van der Waals surface area contributed by atoms with Crippen LogP contribution >= 0.6 is 11.3 Å². The zero-order chi connectivity index (χ0) is 22.9. The number of hydrogen-bond donors (Lipinski definition) is 1. The lowest BCUT2D eigenvalue weighted by atomic mass is 9.95. The molecule has 1 amide bonds. The maximum absolute atomic E-state index is 12.9. The summed E-state index contributed by atoms with van der Waals surface area (Å²) < 4.78 is 45.2. The lowest BCUT2D eigenvalue weighted by Gasteiger charge is -2.15. The first-order chi connectivity index (χ1) is 14.5. The van der Waals surface area contributed by atoms with Gasteiger partial charge in [0, 0.05) is 10.6 Å². The monoisotopic (exact) mass is 457 g/mol. The Morgan fingerprint density at radius 3 is 2.55 bits per heavy atom. The number of ether oxygens (including phenoxy) is 1. The fourth-order valence-corrected chi connectivity index (χ4v) is 4.83. The van der Waals surface area contributed by atoms with Gasteiger partial charge in [-0.1, -0.05) is 6.92 Å². The number of carbonyl (C=O) groups is 2. The quantitative estimate of drug-likeness (QED) is 0.621. The number of hydrogen-bond acceptors (Lipinski definition) is 5. The van der Waals surface area contributed by atoms with Crippen LogP contribution in [0.3, 0.4) is 0 Å². The molecule has 0 aromatic carbocycles. The van der Waals surface area contributed by atoms with Gasteiger partial charge < -0.3 is 10.1 Å². The van der Waals surface area contributed by atoms with Crippen molar-refractivity contribution in [2.24, 2.45) is 5.92 Å². The molecule has 170 valence electrons. The molecule has 3 rings (SSSR count). The third-order valence-corrected chi connectivity index (χ3v) is 6.33. The van der Waals surface area contributed by atoms with Crippen LogP contribution in [0.1, 0.15) is 65.8 Å². The summed E-state index contributed by atoms with van der Waals surface area (Å²) in [5.74, 6) is -1.51. The standard InChI is InChI=1S/C21H26F3N3O3S/c1-11(2)30-20(29)17-14-7-5-6-8-15(14)31-19(17)25-18(28)12(3)10-27-13(4)9-16(26-27)21(22,23)24/h9,11-12H,5-8,10H2,1-4H3,(H,25,28). The van der Waals surface area contributed by atoms with Gasteiger partial charge in [0.05, 0.1) is 24.1 Å². The van der Waals surface area contributed by atoms with Gasteiger partial charge in [-0.25, -0.2) is 4.79 Å². The van der Waals surface area contributed by atoms with Crippen LogP contribution < -0.4 is 5.32 Å². The van der Waals surface area contributed by atoms with Crippen LogP contribution in [0.15, 0.2) is 6.07 Å². The molecule has 1 unspecified atom stereocenters. The van der Waals surface area contributed by atoms with E-state index in [4.69, 9.17) is 4.74 Å². The molecular formula is C21H26F3N3O3S. The second-order valence-electron chi connectivity index (χ2n) is 8.11. The van der Waals surface area contributed by atoms with Crippen molar-refractivity contribution in [3.8, 4) is 0 Å². The zero-order valence-electron chi connectivity index (χ0n) is 17.9. The van der Waals surface area contributed by atoms with Gasteiger partial charge in [0.25, 0.3) is 0 Å². The third kappa shape index (κ3) is 5.28. The Labute approximate surface area is 182 Å². The van der Waals surface area contributed by atoms with Crippen LogP contribution in [0, 0.1) is 12.8 Å². The Morgan fingerprint density at radius 1 is 1.26 bits per heavy atom. The molecule has 0 fully saturated rings. The topological polar surface area (TPSA) is 73.2 Å². The van der Waals surface area contributed by atoms with Gasteiger partial charge in [0.15, 0.2) is 5.69 Å². The molecule has 0 saturated heterocycles. The molecule has 1 atom stereocenters. The lowest BCUT2D eigenvalue weighted by Crippen LogP contribution is -2.26. The summed E-state index contributed by atoms with van der Waals surface area (Å²) in [6.07, 6.45) is -1.23. The van der Waals surface area contributed by atoms with Crippen molar-refractivity contribution < 1.29 is 27.5 Å². The van der Waals surface area contributed by atoms with E-state index in [2.05, 4.69) is 10.4 Å². The third-order valence-electron chi connectivity index (χ3n) is 5.12. The summed E-state index contributed by atoms with van der Waals surface area (Å²) in [5.41, 5.74) is 0.674. The fraction of sp³-hybridized carbons (Fsp3) is 0.571. The number of carbonyl (C=O) groups excluding carboxylic acids is 2. The van der Waals surface area contributed by atoms with E-state index in [9.17, 15) is 22.8 Å². The molecular weight excluding hydrogens is 431 g/mol. The maximum atomic E-state index is 12.9. The lowest BCUT2D eigenvalue weighted by molar-refractivity contribution is -0.141. The summed E-state index contributed by atoms with van der Waals surface area (Å²) in [6.45, 7) is 6.64. The van der Waals surface area contributed by atoms with E-state index in [-0.39, 0.29) is 18.6 Å². The molecule has 10 heteroatoms. The number of nitrogens with zero attached hydrogens (tertiary/aromatic N) is 2. The van der Waals surface area contributed by atoms with Gasteiger partial charge in [0.1, 0.15) is 5.00 Å². The maximum Gasteiger partial charge on any atom is 0.435 e. The highest BCUT2D eigenvalue weighted by Gasteiger charge is 2.35. The van der Waals surface area contributed by atoms with Gasteiger partial charge in [-0.2, -0.15) is 18.3 Å². The van der Waals surface area contributed by atoms with Gasteiger partial charge in [-0.15, -0.1) is 11.3 Å². The van der Waals surface area contributed by atoms with Crippen LogP contribution in [-0.4, -0.2) is 27.8 Å². The van der Waals surface area contributed by atoms with E-state index < -0.39 is 23.8 Å². The van der Waals surface area contributed by atoms with Gasteiger partial charge in [-0.3, -0.25) is 9.48 Å². The summed E-state index contributed by atoms with van der Waals surface area (Å²) >= 11 is 1.38. The second kappa shape index (κ2) is 9.02. The van der Waals surface area contributed by atoms with E-state index in [1.165, 1.54) is 22.9 Å². The molecule has 1 N–H and O–H groups in total. The fourth-order valence-electron chi connectivity index (χ4n) is 3.55. The average molecular weight is 458 g/mol. The number of aryl methyl sites for hydroxylation is 2. The van der Waals surface area contributed by atoms with Crippen molar-refractivity contribution in [3.63, 3.8) is 0 Å². The molecule has 0 spiro atoms. The van der Waals surface area contributed by atoms with Crippen molar-refractivity contribution in [2.45, 2.75) is 72.2 Å². The number of esters is 1. The van der Waals surface area contributed by atoms with Crippen molar-refractivity contribution in [1.29, 1.82) is 0 Å². The number of halogens is 3. The van der Waals surface area contributed by atoms with Crippen molar-refractivity contribution in [3.05, 3.63) is 33.5 Å². The van der Waals surface area contributed by atoms with E-state index >= 15 is 0 Å². The van der Waals surface area contributed by atoms with Crippen molar-refractivity contribution >= 4 is 28.2 Å². The first-order valence-electron chi connectivity index (χ1n) is 10.3. The summed E-state index contributed by atoms with van der Waals surface area (Å²) in [4.78, 5) is 26.6. The van der Waals surface area contributed by atoms with E-state index in [1.807, 2.05) is 0 Å². The Kier molecular flexibility index (Phi) is 6.78. The zero-order valence-corrected chi connectivity index (χ0v) is 18.7. The predicted molar refractivity (Wildman–Crippen MR) is 111 cm³/mol. The summed E-state index contributed by atoms with van der Waals surface area (Å²) in [6, 6.07) is 0.956. The number of alkyl halides is 3. The number of fused-ring (bicyclic) bond motifs is 1. The summed E-state index contributed by atoms with van der Waals surface area (Å²) in [7, 11) is 0. The number of aromatic nitrogens is 2. The van der Waals surface area contributed by atoms with E-state index in [1.54, 1.807) is 20.8 Å². The molecule has 0 aliphatic heterocycles. The van der Waals surface area contributed by atoms with Gasteiger partial charge in [-0.05, 0) is 58.1 Å². The largest absolute Gasteiger partial charge is 0.459 e. The molecule has 2 aromatic rings. The van der Waals surface area contributed by atoms with E-state index in [0.717, 1.165) is 42.2 Å². The predicted octanol–water partition coefficient (Wildman–Crippen LogP) is 4.99. The molecule has 31 heavy (non-hydrogen) atoms. The molecule has 1 aliphatic carbocycles. The van der Waals surface area contributed by atoms with Gasteiger partial charge in [0.2, 0.25) is 5.91 Å². The Hall–Kier alpha value is -2.36. The molecule has 2 heterocycles. The molecule has 6 nitrogen and oxygen atoms in total. The number of rotatable bonds is 6. The van der Waals surface area contributed by atoms with Crippen LogP contribution in [0.5, 0.6) is 0 Å². The molecule has 0 radical (unpaired) electrons. The van der Waals surface area contributed by atoms with Crippen LogP contribution in [0.25, 0.3) is 0 Å². The Bertz CT molecular complexity index is 979. The first-order valence-corrected chi connectivity index (χ1v) is 11.1. The van der Waals surface area contributed by atoms with Crippen LogP contribution in [-0.2, 0) is 35.1 Å². The average Bonchev–Trinajstić information content (AvgIpc) is 3.21. The summed E-state index contributed by atoms with van der Waals surface area (Å²) in [5, 5.41) is 6.84. The van der Waals surface area contributed by atoms with Crippen molar-refractivity contribution in [2.75, 3.05) is 5.32 Å². The molecule has 0 bridgehead atoms. The minimum Gasteiger partial charge on any atom is -0.459 e.